The maximum atomic E-state index is 11.2. The smallest absolute Gasteiger partial charge is 0.322 e. The monoisotopic (exact) mass is 251 g/mol. The molecule has 0 unspecified atom stereocenters. The molecule has 0 saturated carbocycles. The number of aliphatic carboxylic acids is 1. The summed E-state index contributed by atoms with van der Waals surface area (Å²) in [5, 5.41) is 10.7. The van der Waals surface area contributed by atoms with E-state index in [0.717, 1.165) is 11.3 Å². The van der Waals surface area contributed by atoms with Crippen LogP contribution in [0.25, 0.3) is 0 Å². The minimum absolute atomic E-state index is 0.263. The Bertz CT molecular complexity index is 400. The van der Waals surface area contributed by atoms with E-state index >= 15 is 0 Å². The second-order valence-corrected chi connectivity index (χ2v) is 3.94. The number of carboxylic acid groups (broad SMARTS) is 1. The van der Waals surface area contributed by atoms with Gasteiger partial charge in [-0.2, -0.15) is 0 Å². The first-order chi connectivity index (χ1) is 8.58. The summed E-state index contributed by atoms with van der Waals surface area (Å²) < 4.78 is 5.44. The van der Waals surface area contributed by atoms with Gasteiger partial charge >= 0.3 is 5.97 Å². The van der Waals surface area contributed by atoms with E-state index in [2.05, 4.69) is 5.32 Å². The van der Waals surface area contributed by atoms with Crippen LogP contribution in [0.4, 0.5) is 0 Å². The molecule has 18 heavy (non-hydrogen) atoms. The second kappa shape index (κ2) is 7.32. The lowest BCUT2D eigenvalue weighted by molar-refractivity contribution is -0.137. The van der Waals surface area contributed by atoms with Crippen molar-refractivity contribution in [3.63, 3.8) is 0 Å². The van der Waals surface area contributed by atoms with E-state index in [0.29, 0.717) is 13.0 Å². The summed E-state index contributed by atoms with van der Waals surface area (Å²) in [6, 6.07) is 7.66. The maximum Gasteiger partial charge on any atom is 0.322 e. The molecule has 5 nitrogen and oxygen atoms in total. The average Bonchev–Trinajstić information content (AvgIpc) is 2.34. The number of carboxylic acids is 1. The number of carbonyl (C=O) groups excluding carboxylic acids is 1. The van der Waals surface area contributed by atoms with Gasteiger partial charge in [0, 0.05) is 6.42 Å². The molecule has 0 spiro atoms. The molecule has 0 heterocycles. The number of rotatable bonds is 7. The number of carbonyl (C=O) groups is 2. The highest BCUT2D eigenvalue weighted by atomic mass is 16.5. The van der Waals surface area contributed by atoms with Crippen molar-refractivity contribution >= 4 is 11.9 Å². The molecule has 1 aromatic rings. The first-order valence-electron chi connectivity index (χ1n) is 5.76. The van der Waals surface area contributed by atoms with Crippen LogP contribution in [0.1, 0.15) is 18.4 Å². The first-order valence-corrected chi connectivity index (χ1v) is 5.76. The molecule has 1 amide bonds. The van der Waals surface area contributed by atoms with Crippen LogP contribution in [0.5, 0.6) is 5.75 Å². The normalized spacial score (nSPS) is 9.83. The Balaban J connectivity index is 2.13. The van der Waals surface area contributed by atoms with Crippen LogP contribution < -0.4 is 10.1 Å². The highest BCUT2D eigenvalue weighted by molar-refractivity contribution is 5.80. The van der Waals surface area contributed by atoms with Crippen molar-refractivity contribution < 1.29 is 19.4 Å². The van der Waals surface area contributed by atoms with Gasteiger partial charge in [-0.25, -0.2) is 0 Å². The van der Waals surface area contributed by atoms with Crippen LogP contribution in [-0.4, -0.2) is 30.1 Å². The lowest BCUT2D eigenvalue weighted by Gasteiger charge is -2.06. The van der Waals surface area contributed by atoms with Gasteiger partial charge in [0.05, 0.1) is 6.61 Å². The van der Waals surface area contributed by atoms with Gasteiger partial charge in [-0.3, -0.25) is 9.59 Å². The number of benzene rings is 1. The molecule has 0 aliphatic rings. The van der Waals surface area contributed by atoms with Crippen LogP contribution in [0.2, 0.25) is 0 Å². The second-order valence-electron chi connectivity index (χ2n) is 3.94. The molecule has 0 radical (unpaired) electrons. The summed E-state index contributed by atoms with van der Waals surface area (Å²) in [5.74, 6) is -0.546. The Morgan fingerprint density at radius 1 is 1.28 bits per heavy atom. The van der Waals surface area contributed by atoms with E-state index in [4.69, 9.17) is 9.84 Å². The number of aryl methyl sites for hydroxylation is 1. The van der Waals surface area contributed by atoms with Gasteiger partial charge in [-0.05, 0) is 25.5 Å². The number of ether oxygens (including phenoxy) is 1. The largest absolute Gasteiger partial charge is 0.494 e. The lowest BCUT2D eigenvalue weighted by Crippen LogP contribution is -2.29. The van der Waals surface area contributed by atoms with E-state index in [9.17, 15) is 9.59 Å². The highest BCUT2D eigenvalue weighted by Crippen LogP contribution is 2.11. The summed E-state index contributed by atoms with van der Waals surface area (Å²) in [4.78, 5) is 21.4. The fourth-order valence-electron chi connectivity index (χ4n) is 1.32. The molecule has 0 bridgehead atoms. The first kappa shape index (κ1) is 14.0. The Morgan fingerprint density at radius 2 is 1.94 bits per heavy atom. The zero-order valence-electron chi connectivity index (χ0n) is 10.3. The molecular weight excluding hydrogens is 234 g/mol. The predicted octanol–water partition coefficient (Wildman–Crippen LogP) is 1.35. The minimum Gasteiger partial charge on any atom is -0.494 e. The van der Waals surface area contributed by atoms with Gasteiger partial charge in [-0.1, -0.05) is 17.7 Å². The third-order valence-electron chi connectivity index (χ3n) is 2.27. The van der Waals surface area contributed by atoms with E-state index < -0.39 is 5.97 Å². The molecule has 1 rings (SSSR count). The van der Waals surface area contributed by atoms with Crippen molar-refractivity contribution in [3.8, 4) is 5.75 Å². The summed E-state index contributed by atoms with van der Waals surface area (Å²) in [6.07, 6.45) is 0.818. The standard InChI is InChI=1S/C13H17NO4/c1-10-4-6-11(7-5-10)18-8-2-3-12(15)14-9-13(16)17/h4-7H,2-3,8-9H2,1H3,(H,14,15)(H,16,17). The lowest BCUT2D eigenvalue weighted by atomic mass is 10.2. The molecule has 0 aromatic heterocycles. The van der Waals surface area contributed by atoms with Crippen molar-refractivity contribution in [2.24, 2.45) is 0 Å². The van der Waals surface area contributed by atoms with Crippen LogP contribution in [0.15, 0.2) is 24.3 Å². The quantitative estimate of drug-likeness (QED) is 0.717. The van der Waals surface area contributed by atoms with Crippen molar-refractivity contribution in [2.75, 3.05) is 13.2 Å². The molecule has 0 aliphatic carbocycles. The van der Waals surface area contributed by atoms with Crippen molar-refractivity contribution in [3.05, 3.63) is 29.8 Å². The number of hydrogen-bond acceptors (Lipinski definition) is 3. The Kier molecular flexibility index (Phi) is 5.70. The van der Waals surface area contributed by atoms with E-state index in [-0.39, 0.29) is 18.9 Å². The Hall–Kier alpha value is -2.04. The fourth-order valence-corrected chi connectivity index (χ4v) is 1.32. The van der Waals surface area contributed by atoms with Crippen LogP contribution in [0.3, 0.4) is 0 Å². The van der Waals surface area contributed by atoms with Crippen molar-refractivity contribution in [2.45, 2.75) is 19.8 Å². The van der Waals surface area contributed by atoms with Crippen LogP contribution in [0, 0.1) is 6.92 Å². The zero-order chi connectivity index (χ0) is 13.4. The molecule has 1 aromatic carbocycles. The van der Waals surface area contributed by atoms with Crippen molar-refractivity contribution in [1.82, 2.24) is 5.32 Å². The minimum atomic E-state index is -1.04. The van der Waals surface area contributed by atoms with Gasteiger partial charge in [0.2, 0.25) is 5.91 Å². The predicted molar refractivity (Wildman–Crippen MR) is 66.6 cm³/mol. The molecule has 98 valence electrons. The molecule has 5 heteroatoms. The van der Waals surface area contributed by atoms with Gasteiger partial charge in [-0.15, -0.1) is 0 Å². The van der Waals surface area contributed by atoms with E-state index in [1.807, 2.05) is 31.2 Å². The third kappa shape index (κ3) is 5.89. The highest BCUT2D eigenvalue weighted by Gasteiger charge is 2.03. The van der Waals surface area contributed by atoms with Crippen LogP contribution in [-0.2, 0) is 9.59 Å². The summed E-state index contributed by atoms with van der Waals surface area (Å²) in [6.45, 7) is 2.10. The third-order valence-corrected chi connectivity index (χ3v) is 2.27. The molecule has 2 N–H and O–H groups in total. The van der Waals surface area contributed by atoms with Gasteiger partial charge in [0.15, 0.2) is 0 Å². The molecular formula is C13H17NO4. The van der Waals surface area contributed by atoms with Gasteiger partial charge in [0.25, 0.3) is 0 Å². The van der Waals surface area contributed by atoms with Crippen molar-refractivity contribution in [1.29, 1.82) is 0 Å². The Morgan fingerprint density at radius 3 is 2.56 bits per heavy atom. The Labute approximate surface area is 106 Å². The fraction of sp³-hybridized carbons (Fsp3) is 0.385. The van der Waals surface area contributed by atoms with Crippen LogP contribution >= 0.6 is 0 Å². The zero-order valence-corrected chi connectivity index (χ0v) is 10.3. The summed E-state index contributed by atoms with van der Waals surface area (Å²) in [7, 11) is 0. The summed E-state index contributed by atoms with van der Waals surface area (Å²) in [5.41, 5.74) is 1.16. The van der Waals surface area contributed by atoms with E-state index in [1.54, 1.807) is 0 Å². The number of amides is 1. The number of hydrogen-bond donors (Lipinski definition) is 2. The maximum absolute atomic E-state index is 11.2. The molecule has 0 fully saturated rings. The average molecular weight is 251 g/mol. The molecule has 0 aliphatic heterocycles. The molecule has 0 atom stereocenters. The topological polar surface area (TPSA) is 75.6 Å². The van der Waals surface area contributed by atoms with E-state index in [1.165, 1.54) is 0 Å². The number of nitrogens with one attached hydrogen (secondary N) is 1. The summed E-state index contributed by atoms with van der Waals surface area (Å²) >= 11 is 0. The molecule has 0 saturated heterocycles. The van der Waals surface area contributed by atoms with Gasteiger partial charge < -0.3 is 15.2 Å². The SMILES string of the molecule is Cc1ccc(OCCCC(=O)NCC(=O)O)cc1. The van der Waals surface area contributed by atoms with Gasteiger partial charge in [0.1, 0.15) is 12.3 Å².